The maximum atomic E-state index is 13.5. The van der Waals surface area contributed by atoms with Gasteiger partial charge in [-0.1, -0.05) is 18.5 Å². The minimum atomic E-state index is -3.22. The number of hydrogen-bond acceptors (Lipinski definition) is 8. The van der Waals surface area contributed by atoms with E-state index in [1.54, 1.807) is 13.8 Å². The normalized spacial score (nSPS) is 22.9. The molecule has 1 spiro atoms. The summed E-state index contributed by atoms with van der Waals surface area (Å²) in [7, 11) is 1.28. The summed E-state index contributed by atoms with van der Waals surface area (Å²) in [6.07, 6.45) is 1.15. The second-order valence-electron chi connectivity index (χ2n) is 6.90. The number of Topliss-reactive ketones (excluding diaryl/α,β-unsaturated/α-hetero) is 1. The van der Waals surface area contributed by atoms with Gasteiger partial charge in [-0.25, -0.2) is 0 Å². The SMILES string of the molecule is COC1=CC(=O)C[C@@H](C)[C@]12Oc1c(Cl)c(-c3nnc(C)o3)cc(OC(F)F)c1C2=O. The first-order valence-electron chi connectivity index (χ1n) is 8.83. The average Bonchev–Trinajstić information content (AvgIpc) is 3.23. The molecule has 0 saturated heterocycles. The summed E-state index contributed by atoms with van der Waals surface area (Å²) in [4.78, 5) is 25.5. The molecule has 2 heterocycles. The van der Waals surface area contributed by atoms with Gasteiger partial charge in [-0.05, 0) is 6.07 Å². The van der Waals surface area contributed by atoms with Gasteiger partial charge in [-0.15, -0.1) is 10.2 Å². The van der Waals surface area contributed by atoms with E-state index in [0.29, 0.717) is 0 Å². The zero-order valence-corrected chi connectivity index (χ0v) is 16.8. The van der Waals surface area contributed by atoms with Crippen LogP contribution < -0.4 is 9.47 Å². The van der Waals surface area contributed by atoms with E-state index in [-0.39, 0.29) is 51.6 Å². The van der Waals surface area contributed by atoms with E-state index in [0.717, 1.165) is 12.1 Å². The van der Waals surface area contributed by atoms with Gasteiger partial charge in [0.1, 0.15) is 11.3 Å². The van der Waals surface area contributed by atoms with E-state index in [9.17, 15) is 18.4 Å². The lowest BCUT2D eigenvalue weighted by Crippen LogP contribution is -2.51. The number of aryl methyl sites for hydroxylation is 1. The molecule has 158 valence electrons. The van der Waals surface area contributed by atoms with Gasteiger partial charge >= 0.3 is 6.61 Å². The predicted molar refractivity (Wildman–Crippen MR) is 97.7 cm³/mol. The third-order valence-electron chi connectivity index (χ3n) is 5.06. The summed E-state index contributed by atoms with van der Waals surface area (Å²) < 4.78 is 47.4. The van der Waals surface area contributed by atoms with Crippen molar-refractivity contribution in [1.82, 2.24) is 10.2 Å². The Balaban J connectivity index is 1.96. The molecule has 0 radical (unpaired) electrons. The van der Waals surface area contributed by atoms with Crippen LogP contribution in [0.15, 0.2) is 22.3 Å². The number of carbonyl (C=O) groups excluding carboxylic acids is 2. The number of aromatic nitrogens is 2. The van der Waals surface area contributed by atoms with Crippen molar-refractivity contribution in [2.75, 3.05) is 7.11 Å². The van der Waals surface area contributed by atoms with Gasteiger partial charge in [0.15, 0.2) is 17.3 Å². The van der Waals surface area contributed by atoms with Gasteiger partial charge in [0, 0.05) is 25.3 Å². The Bertz CT molecular complexity index is 1100. The number of nitrogens with zero attached hydrogens (tertiary/aromatic N) is 2. The maximum Gasteiger partial charge on any atom is 0.387 e. The fourth-order valence-corrected chi connectivity index (χ4v) is 4.03. The second kappa shape index (κ2) is 7.05. The van der Waals surface area contributed by atoms with Crippen LogP contribution in [0.2, 0.25) is 5.02 Å². The number of benzene rings is 1. The lowest BCUT2D eigenvalue weighted by molar-refractivity contribution is -0.118. The van der Waals surface area contributed by atoms with Gasteiger partial charge in [0.25, 0.3) is 0 Å². The lowest BCUT2D eigenvalue weighted by atomic mass is 9.75. The summed E-state index contributed by atoms with van der Waals surface area (Å²) in [6.45, 7) is -0.0586. The average molecular weight is 441 g/mol. The zero-order chi connectivity index (χ0) is 21.8. The molecule has 1 aromatic heterocycles. The first-order valence-corrected chi connectivity index (χ1v) is 9.21. The summed E-state index contributed by atoms with van der Waals surface area (Å²) in [5.74, 6) is -2.14. The van der Waals surface area contributed by atoms with Gasteiger partial charge in [0.2, 0.25) is 23.2 Å². The first kappa shape index (κ1) is 20.3. The molecule has 2 aromatic rings. The Morgan fingerprint density at radius 2 is 2.07 bits per heavy atom. The first-order chi connectivity index (χ1) is 14.2. The molecule has 4 rings (SSSR count). The van der Waals surface area contributed by atoms with E-state index in [4.69, 9.17) is 25.5 Å². The number of ether oxygens (including phenoxy) is 3. The molecule has 11 heteroatoms. The molecule has 0 N–H and O–H groups in total. The predicted octanol–water partition coefficient (Wildman–Crippen LogP) is 3.75. The molecular formula is C19H15ClF2N2O6. The maximum absolute atomic E-state index is 13.5. The van der Waals surface area contributed by atoms with Crippen LogP contribution in [0.1, 0.15) is 29.6 Å². The summed E-state index contributed by atoms with van der Waals surface area (Å²) in [6, 6.07) is 1.12. The lowest BCUT2D eigenvalue weighted by Gasteiger charge is -2.36. The van der Waals surface area contributed by atoms with Crippen molar-refractivity contribution in [3.8, 4) is 23.0 Å². The Morgan fingerprint density at radius 3 is 2.67 bits per heavy atom. The number of methoxy groups -OCH3 is 1. The smallest absolute Gasteiger partial charge is 0.387 e. The summed E-state index contributed by atoms with van der Waals surface area (Å²) in [5, 5.41) is 7.43. The van der Waals surface area contributed by atoms with Crippen molar-refractivity contribution in [2.45, 2.75) is 32.5 Å². The van der Waals surface area contributed by atoms with Gasteiger partial charge < -0.3 is 18.6 Å². The molecule has 0 bridgehead atoms. The minimum absolute atomic E-state index is 0.00897. The highest BCUT2D eigenvalue weighted by atomic mass is 35.5. The van der Waals surface area contributed by atoms with Crippen molar-refractivity contribution in [1.29, 1.82) is 0 Å². The van der Waals surface area contributed by atoms with Crippen LogP contribution in [0.4, 0.5) is 8.78 Å². The molecule has 0 fully saturated rings. The van der Waals surface area contributed by atoms with E-state index in [1.165, 1.54) is 7.11 Å². The molecule has 1 aromatic carbocycles. The van der Waals surface area contributed by atoms with Crippen molar-refractivity contribution >= 4 is 23.2 Å². The van der Waals surface area contributed by atoms with E-state index >= 15 is 0 Å². The molecule has 2 aliphatic rings. The topological polar surface area (TPSA) is 101 Å². The van der Waals surface area contributed by atoms with Crippen LogP contribution in [-0.2, 0) is 9.53 Å². The standard InChI is InChI=1S/C19H15ClF2N2O6/c1-7-4-9(25)5-12(27-3)19(7)16(26)13-11(29-18(21)22)6-10(14(20)15(13)30-19)17-24-23-8(2)28-17/h5-7,18H,4H2,1-3H3/t7-,19+/m1/s1. The minimum Gasteiger partial charge on any atom is -0.496 e. The zero-order valence-electron chi connectivity index (χ0n) is 16.0. The number of hydrogen-bond donors (Lipinski definition) is 0. The van der Waals surface area contributed by atoms with Gasteiger partial charge in [-0.2, -0.15) is 8.78 Å². The quantitative estimate of drug-likeness (QED) is 0.708. The number of carbonyl (C=O) groups is 2. The molecule has 0 unspecified atom stereocenters. The molecule has 0 saturated carbocycles. The Morgan fingerprint density at radius 1 is 1.33 bits per heavy atom. The molecule has 1 aliphatic heterocycles. The van der Waals surface area contributed by atoms with Crippen LogP contribution in [0.5, 0.6) is 11.5 Å². The number of allylic oxidation sites excluding steroid dienone is 1. The highest BCUT2D eigenvalue weighted by Crippen LogP contribution is 2.54. The van der Waals surface area contributed by atoms with Crippen molar-refractivity contribution in [2.24, 2.45) is 5.92 Å². The second-order valence-corrected chi connectivity index (χ2v) is 7.27. The fourth-order valence-electron chi connectivity index (χ4n) is 3.76. The number of halogens is 3. The third-order valence-corrected chi connectivity index (χ3v) is 5.44. The van der Waals surface area contributed by atoms with Crippen LogP contribution in [0.3, 0.4) is 0 Å². The van der Waals surface area contributed by atoms with Gasteiger partial charge in [0.05, 0.1) is 17.7 Å². The number of alkyl halides is 2. The fraction of sp³-hybridized carbons (Fsp3) is 0.368. The Labute approximate surface area is 173 Å². The van der Waals surface area contributed by atoms with Crippen LogP contribution in [0, 0.1) is 12.8 Å². The largest absolute Gasteiger partial charge is 0.496 e. The molecule has 30 heavy (non-hydrogen) atoms. The van der Waals surface area contributed by atoms with Gasteiger partial charge in [-0.3, -0.25) is 9.59 Å². The monoisotopic (exact) mass is 440 g/mol. The number of fused-ring (bicyclic) bond motifs is 1. The summed E-state index contributed by atoms with van der Waals surface area (Å²) in [5.41, 5.74) is -1.96. The van der Waals surface area contributed by atoms with Crippen molar-refractivity contribution in [3.63, 3.8) is 0 Å². The Kier molecular flexibility index (Phi) is 4.76. The van der Waals surface area contributed by atoms with Crippen molar-refractivity contribution < 1.29 is 37.0 Å². The number of ketones is 2. The van der Waals surface area contributed by atoms with E-state index in [2.05, 4.69) is 14.9 Å². The van der Waals surface area contributed by atoms with Crippen LogP contribution in [0.25, 0.3) is 11.5 Å². The molecule has 8 nitrogen and oxygen atoms in total. The van der Waals surface area contributed by atoms with E-state index < -0.39 is 29.7 Å². The highest BCUT2D eigenvalue weighted by molar-refractivity contribution is 6.36. The molecule has 1 aliphatic carbocycles. The molecular weight excluding hydrogens is 426 g/mol. The van der Waals surface area contributed by atoms with Crippen LogP contribution >= 0.6 is 11.6 Å². The van der Waals surface area contributed by atoms with E-state index in [1.807, 2.05) is 0 Å². The molecule has 0 amide bonds. The van der Waals surface area contributed by atoms with Crippen LogP contribution in [-0.4, -0.2) is 41.1 Å². The number of rotatable bonds is 4. The third kappa shape index (κ3) is 2.85. The summed E-state index contributed by atoms with van der Waals surface area (Å²) >= 11 is 6.47. The molecule has 2 atom stereocenters. The highest BCUT2D eigenvalue weighted by Gasteiger charge is 2.60. The van der Waals surface area contributed by atoms with Crippen molar-refractivity contribution in [3.05, 3.63) is 34.4 Å². The Hall–Kier alpha value is -3.01.